The monoisotopic (exact) mass is 644 g/mol. The summed E-state index contributed by atoms with van der Waals surface area (Å²) in [5, 5.41) is 37.8. The third-order valence-corrected chi connectivity index (χ3v) is 7.55. The lowest BCUT2D eigenvalue weighted by Crippen LogP contribution is -2.19. The lowest BCUT2D eigenvalue weighted by Gasteiger charge is -2.28. The zero-order valence-corrected chi connectivity index (χ0v) is 31.8. The van der Waals surface area contributed by atoms with Gasteiger partial charge in [0, 0.05) is 5.41 Å². The van der Waals surface area contributed by atoms with Gasteiger partial charge in [0.2, 0.25) is 0 Å². The fourth-order valence-corrected chi connectivity index (χ4v) is 4.52. The van der Waals surface area contributed by atoms with Crippen LogP contribution in [-0.2, 0) is 5.41 Å². The topological polar surface area (TPSA) is 80.9 Å². The molecule has 0 fully saturated rings. The van der Waals surface area contributed by atoms with Gasteiger partial charge in [-0.2, -0.15) is 0 Å². The van der Waals surface area contributed by atoms with E-state index in [0.29, 0.717) is 34.8 Å². The molecule has 260 valence electrons. The lowest BCUT2D eigenvalue weighted by atomic mass is 9.76. The molecule has 4 rings (SSSR count). The molecule has 0 amide bonds. The summed E-state index contributed by atoms with van der Waals surface area (Å²) in [5.41, 5.74) is 8.24. The third kappa shape index (κ3) is 14.6. The van der Waals surface area contributed by atoms with Crippen molar-refractivity contribution in [2.45, 2.75) is 127 Å². The molecule has 47 heavy (non-hydrogen) atoms. The maximum absolute atomic E-state index is 9.96. The van der Waals surface area contributed by atoms with Crippen molar-refractivity contribution in [1.29, 1.82) is 0 Å². The Morgan fingerprint density at radius 2 is 0.681 bits per heavy atom. The van der Waals surface area contributed by atoms with Crippen LogP contribution in [-0.4, -0.2) is 20.4 Å². The summed E-state index contributed by atoms with van der Waals surface area (Å²) in [6.45, 7) is 29.1. The Kier molecular flexibility index (Phi) is 19.3. The number of phenolic OH excluding ortho intramolecular Hbond substituents is 4. The van der Waals surface area contributed by atoms with Gasteiger partial charge in [-0.25, -0.2) is 0 Å². The first-order valence-corrected chi connectivity index (χ1v) is 17.1. The van der Waals surface area contributed by atoms with E-state index in [0.717, 1.165) is 22.3 Å². The van der Waals surface area contributed by atoms with Crippen LogP contribution < -0.4 is 0 Å². The minimum atomic E-state index is -0.188. The van der Waals surface area contributed by atoms with Gasteiger partial charge in [-0.1, -0.05) is 131 Å². The highest BCUT2D eigenvalue weighted by atomic mass is 16.3. The predicted molar refractivity (Wildman–Crippen MR) is 204 cm³/mol. The normalized spacial score (nSPS) is 10.4. The second kappa shape index (κ2) is 21.1. The quantitative estimate of drug-likeness (QED) is 0.178. The van der Waals surface area contributed by atoms with Crippen LogP contribution in [0.4, 0.5) is 0 Å². The van der Waals surface area contributed by atoms with Gasteiger partial charge < -0.3 is 20.4 Å². The predicted octanol–water partition coefficient (Wildman–Crippen LogP) is 12.5. The highest BCUT2D eigenvalue weighted by Crippen LogP contribution is 2.37. The van der Waals surface area contributed by atoms with Crippen molar-refractivity contribution >= 4 is 0 Å². The van der Waals surface area contributed by atoms with E-state index >= 15 is 0 Å². The van der Waals surface area contributed by atoms with E-state index in [2.05, 4.69) is 69.2 Å². The molecule has 0 spiro atoms. The van der Waals surface area contributed by atoms with E-state index in [1.165, 1.54) is 35.1 Å². The fourth-order valence-electron chi connectivity index (χ4n) is 4.52. The molecule has 0 radical (unpaired) electrons. The van der Waals surface area contributed by atoms with Crippen LogP contribution in [0.15, 0.2) is 72.8 Å². The smallest absolute Gasteiger partial charge is 0.121 e. The highest BCUT2D eigenvalue weighted by Gasteiger charge is 2.25. The van der Waals surface area contributed by atoms with Crippen LogP contribution in [0.25, 0.3) is 0 Å². The lowest BCUT2D eigenvalue weighted by molar-refractivity contribution is 0.465. The van der Waals surface area contributed by atoms with E-state index in [1.54, 1.807) is 24.3 Å². The number of phenols is 4. The molecule has 0 heterocycles. The molecule has 4 aromatic carbocycles. The minimum Gasteiger partial charge on any atom is -0.508 e. The molecule has 0 unspecified atom stereocenters. The number of rotatable bonds is 4. The molecule has 0 saturated carbocycles. The van der Waals surface area contributed by atoms with Crippen molar-refractivity contribution in [2.75, 3.05) is 0 Å². The third-order valence-electron chi connectivity index (χ3n) is 7.55. The van der Waals surface area contributed by atoms with Gasteiger partial charge in [0.15, 0.2) is 0 Å². The SMILES string of the molecule is CC(C)c1ccc(O)cc1.CC(C)c1ccc(O)cc1.CCC.CCC.Cc1cc(C(C)(C)c2cc(C)c(O)c(C)c2)cc(C)c1O. The first kappa shape index (κ1) is 43.1. The van der Waals surface area contributed by atoms with Gasteiger partial charge in [-0.15, -0.1) is 0 Å². The van der Waals surface area contributed by atoms with Crippen molar-refractivity contribution in [2.24, 2.45) is 0 Å². The maximum Gasteiger partial charge on any atom is 0.121 e. The van der Waals surface area contributed by atoms with Crippen molar-refractivity contribution < 1.29 is 20.4 Å². The van der Waals surface area contributed by atoms with Crippen molar-refractivity contribution in [3.63, 3.8) is 0 Å². The summed E-state index contributed by atoms with van der Waals surface area (Å²) in [7, 11) is 0. The first-order chi connectivity index (χ1) is 21.9. The molecule has 0 aliphatic rings. The van der Waals surface area contributed by atoms with Crippen molar-refractivity contribution in [3.8, 4) is 23.0 Å². The summed E-state index contributed by atoms with van der Waals surface area (Å²) in [6, 6.07) is 22.8. The molecule has 0 atom stereocenters. The van der Waals surface area contributed by atoms with Crippen molar-refractivity contribution in [1.82, 2.24) is 0 Å². The standard InChI is InChI=1S/C19H24O2.2C9H12O.2C3H8/c1-11-7-15(8-12(2)17(11)20)19(5,6)16-9-13(3)18(21)14(4)10-16;2*1-7(2)8-3-5-9(10)6-4-8;2*1-3-2/h7-10,20-21H,1-6H3;2*3-7,10H,1-2H3;2*3H2,1-2H3. The molecule has 4 aromatic rings. The second-order valence-corrected chi connectivity index (χ2v) is 13.4. The molecule has 4 nitrogen and oxygen atoms in total. The minimum absolute atomic E-state index is 0.188. The van der Waals surface area contributed by atoms with Crippen LogP contribution in [0.3, 0.4) is 0 Å². The zero-order chi connectivity index (χ0) is 36.5. The van der Waals surface area contributed by atoms with Crippen LogP contribution in [0.2, 0.25) is 0 Å². The fraction of sp³-hybridized carbons (Fsp3) is 0.442. The van der Waals surface area contributed by atoms with Crippen LogP contribution in [0.5, 0.6) is 23.0 Å². The van der Waals surface area contributed by atoms with Gasteiger partial charge in [0.25, 0.3) is 0 Å². The van der Waals surface area contributed by atoms with Crippen LogP contribution >= 0.6 is 0 Å². The maximum atomic E-state index is 9.96. The first-order valence-electron chi connectivity index (χ1n) is 17.1. The number of benzene rings is 4. The molecular formula is C43H64O4. The molecule has 0 bridgehead atoms. The Balaban J connectivity index is 0.000000680. The van der Waals surface area contributed by atoms with Crippen LogP contribution in [0.1, 0.15) is 138 Å². The van der Waals surface area contributed by atoms with Gasteiger partial charge in [-0.05, 0) is 108 Å². The largest absolute Gasteiger partial charge is 0.508 e. The Hall–Kier alpha value is -3.92. The molecule has 0 aromatic heterocycles. The molecular weight excluding hydrogens is 580 g/mol. The summed E-state index contributed by atoms with van der Waals surface area (Å²) in [5.74, 6) is 2.50. The van der Waals surface area contributed by atoms with Crippen LogP contribution in [0, 0.1) is 27.7 Å². The molecule has 4 N–H and O–H groups in total. The summed E-state index contributed by atoms with van der Waals surface area (Å²) in [6.07, 6.45) is 2.50. The molecule has 0 saturated heterocycles. The summed E-state index contributed by atoms with van der Waals surface area (Å²) >= 11 is 0. The average Bonchev–Trinajstić information content (AvgIpc) is 3.00. The molecule has 0 aliphatic heterocycles. The number of aryl methyl sites for hydroxylation is 4. The Labute approximate surface area is 287 Å². The Morgan fingerprint density at radius 3 is 0.872 bits per heavy atom. The van der Waals surface area contributed by atoms with E-state index in [4.69, 9.17) is 10.2 Å². The van der Waals surface area contributed by atoms with E-state index < -0.39 is 0 Å². The van der Waals surface area contributed by atoms with Gasteiger partial charge in [0.1, 0.15) is 23.0 Å². The number of hydrogen-bond donors (Lipinski definition) is 4. The summed E-state index contributed by atoms with van der Waals surface area (Å²) < 4.78 is 0. The van der Waals surface area contributed by atoms with E-state index in [1.807, 2.05) is 76.2 Å². The van der Waals surface area contributed by atoms with E-state index in [9.17, 15) is 10.2 Å². The average molecular weight is 645 g/mol. The van der Waals surface area contributed by atoms with Gasteiger partial charge >= 0.3 is 0 Å². The molecule has 0 aliphatic carbocycles. The Morgan fingerprint density at radius 1 is 0.468 bits per heavy atom. The van der Waals surface area contributed by atoms with Gasteiger partial charge in [-0.3, -0.25) is 0 Å². The second-order valence-electron chi connectivity index (χ2n) is 13.4. The Bertz CT molecular complexity index is 1290. The van der Waals surface area contributed by atoms with Gasteiger partial charge in [0.05, 0.1) is 0 Å². The molecule has 4 heteroatoms. The number of aromatic hydroxyl groups is 4. The summed E-state index contributed by atoms with van der Waals surface area (Å²) in [4.78, 5) is 0. The zero-order valence-electron chi connectivity index (χ0n) is 31.8. The van der Waals surface area contributed by atoms with E-state index in [-0.39, 0.29) is 5.41 Å². The highest BCUT2D eigenvalue weighted by molar-refractivity contribution is 5.51. The van der Waals surface area contributed by atoms with Crippen molar-refractivity contribution in [3.05, 3.63) is 117 Å². The number of hydrogen-bond acceptors (Lipinski definition) is 4.